The first-order valence-electron chi connectivity index (χ1n) is 11.6. The van der Waals surface area contributed by atoms with Crippen LogP contribution in [-0.2, 0) is 12.8 Å². The summed E-state index contributed by atoms with van der Waals surface area (Å²) in [6.45, 7) is 0.644. The van der Waals surface area contributed by atoms with E-state index in [0.29, 0.717) is 18.4 Å². The van der Waals surface area contributed by atoms with Gasteiger partial charge in [-0.05, 0) is 72.9 Å². The van der Waals surface area contributed by atoms with E-state index < -0.39 is 0 Å². The second-order valence-corrected chi connectivity index (χ2v) is 8.99. The predicted molar refractivity (Wildman–Crippen MR) is 127 cm³/mol. The number of aliphatic hydroxyl groups excluding tert-OH is 1. The van der Waals surface area contributed by atoms with E-state index in [4.69, 9.17) is 0 Å². The Hall–Kier alpha value is -2.98. The first-order valence-corrected chi connectivity index (χ1v) is 11.6. The molecule has 0 radical (unpaired) electrons. The summed E-state index contributed by atoms with van der Waals surface area (Å²) >= 11 is 0. The fourth-order valence-corrected chi connectivity index (χ4v) is 4.78. The molecule has 1 aromatic heterocycles. The molecule has 0 saturated heterocycles. The normalized spacial score (nSPS) is 18.9. The summed E-state index contributed by atoms with van der Waals surface area (Å²) in [4.78, 5) is 18.8. The number of likely N-dealkylation sites (N-methyl/N-ethyl adjacent to an activating group) is 1. The zero-order chi connectivity index (χ0) is 22.3. The second kappa shape index (κ2) is 10.6. The van der Waals surface area contributed by atoms with Gasteiger partial charge in [0.25, 0.3) is 5.91 Å². The number of benzene rings is 2. The zero-order valence-corrected chi connectivity index (χ0v) is 18.7. The molecular weight excluding hydrogens is 396 g/mol. The Morgan fingerprint density at radius 2 is 1.78 bits per heavy atom. The van der Waals surface area contributed by atoms with Crippen molar-refractivity contribution in [3.63, 3.8) is 0 Å². The molecular formula is C28H32N2O2. The Morgan fingerprint density at radius 3 is 2.50 bits per heavy atom. The fraction of sp³-hybridized carbons (Fsp3) is 0.357. The van der Waals surface area contributed by atoms with Gasteiger partial charge in [-0.1, -0.05) is 48.5 Å². The van der Waals surface area contributed by atoms with E-state index in [2.05, 4.69) is 17.1 Å². The van der Waals surface area contributed by atoms with Crippen LogP contribution >= 0.6 is 0 Å². The molecule has 1 unspecified atom stereocenters. The number of nitrogens with zero attached hydrogens (tertiary/aromatic N) is 2. The van der Waals surface area contributed by atoms with Gasteiger partial charge in [0.05, 0.1) is 6.10 Å². The third kappa shape index (κ3) is 5.63. The summed E-state index contributed by atoms with van der Waals surface area (Å²) in [6.07, 6.45) is 6.42. The van der Waals surface area contributed by atoms with Crippen LogP contribution in [0.2, 0.25) is 0 Å². The van der Waals surface area contributed by atoms with E-state index in [1.165, 1.54) is 5.56 Å². The van der Waals surface area contributed by atoms with E-state index in [9.17, 15) is 9.90 Å². The fourth-order valence-electron chi connectivity index (χ4n) is 4.78. The highest BCUT2D eigenvalue weighted by Crippen LogP contribution is 2.40. The molecule has 1 amide bonds. The van der Waals surface area contributed by atoms with E-state index in [-0.39, 0.29) is 12.0 Å². The topological polar surface area (TPSA) is 53.4 Å². The average Bonchev–Trinajstić information content (AvgIpc) is 3.31. The maximum atomic E-state index is 12.8. The SMILES string of the molecule is CN(CCc1ccccn1)C(=O)c1ccc(CC2CC[C@H]([C@H](O)c3ccccc3)C2)cc1. The summed E-state index contributed by atoms with van der Waals surface area (Å²) in [5, 5.41) is 10.7. The minimum Gasteiger partial charge on any atom is -0.388 e. The Balaban J connectivity index is 1.28. The molecule has 32 heavy (non-hydrogen) atoms. The van der Waals surface area contributed by atoms with Crippen molar-refractivity contribution < 1.29 is 9.90 Å². The van der Waals surface area contributed by atoms with Gasteiger partial charge in [0.1, 0.15) is 0 Å². The van der Waals surface area contributed by atoms with Crippen molar-refractivity contribution in [3.05, 3.63) is 101 Å². The molecule has 4 heteroatoms. The highest BCUT2D eigenvalue weighted by Gasteiger charge is 2.30. The molecule has 1 saturated carbocycles. The van der Waals surface area contributed by atoms with Crippen LogP contribution < -0.4 is 0 Å². The molecule has 2 aromatic carbocycles. The minimum atomic E-state index is -0.372. The molecule has 166 valence electrons. The highest BCUT2D eigenvalue weighted by molar-refractivity contribution is 5.94. The van der Waals surface area contributed by atoms with Crippen LogP contribution in [0.3, 0.4) is 0 Å². The zero-order valence-electron chi connectivity index (χ0n) is 18.7. The van der Waals surface area contributed by atoms with Crippen molar-refractivity contribution in [3.8, 4) is 0 Å². The summed E-state index contributed by atoms with van der Waals surface area (Å²) < 4.78 is 0. The predicted octanol–water partition coefficient (Wildman–Crippen LogP) is 5.09. The molecule has 3 aromatic rings. The lowest BCUT2D eigenvalue weighted by Gasteiger charge is -2.19. The molecule has 0 aliphatic heterocycles. The molecule has 1 fully saturated rings. The van der Waals surface area contributed by atoms with Crippen molar-refractivity contribution in [2.24, 2.45) is 11.8 Å². The van der Waals surface area contributed by atoms with Crippen molar-refractivity contribution in [2.45, 2.75) is 38.2 Å². The van der Waals surface area contributed by atoms with Crippen LogP contribution in [0.25, 0.3) is 0 Å². The summed E-state index contributed by atoms with van der Waals surface area (Å²) in [6, 6.07) is 23.9. The highest BCUT2D eigenvalue weighted by atomic mass is 16.3. The van der Waals surface area contributed by atoms with Crippen molar-refractivity contribution in [1.82, 2.24) is 9.88 Å². The lowest BCUT2D eigenvalue weighted by atomic mass is 9.91. The van der Waals surface area contributed by atoms with Gasteiger partial charge in [-0.15, -0.1) is 0 Å². The number of carbonyl (C=O) groups excluding carboxylic acids is 1. The largest absolute Gasteiger partial charge is 0.388 e. The monoisotopic (exact) mass is 428 g/mol. The molecule has 4 rings (SSSR count). The van der Waals surface area contributed by atoms with Gasteiger partial charge in [0.2, 0.25) is 0 Å². The van der Waals surface area contributed by atoms with Gasteiger partial charge in [0.15, 0.2) is 0 Å². The number of amides is 1. The molecule has 3 atom stereocenters. The third-order valence-corrected chi connectivity index (χ3v) is 6.67. The van der Waals surface area contributed by atoms with Crippen LogP contribution in [0, 0.1) is 11.8 Å². The smallest absolute Gasteiger partial charge is 0.253 e. The van der Waals surface area contributed by atoms with Crippen molar-refractivity contribution in [2.75, 3.05) is 13.6 Å². The first-order chi connectivity index (χ1) is 15.6. The van der Waals surface area contributed by atoms with Gasteiger partial charge in [0, 0.05) is 37.5 Å². The van der Waals surface area contributed by atoms with Crippen LogP contribution in [0.4, 0.5) is 0 Å². The second-order valence-electron chi connectivity index (χ2n) is 8.99. The van der Waals surface area contributed by atoms with Gasteiger partial charge in [-0.25, -0.2) is 0 Å². The standard InChI is InChI=1S/C28H32N2O2/c1-30(18-16-26-9-5-6-17-29-26)28(32)24-13-10-21(11-14-24)19-22-12-15-25(20-22)27(31)23-7-3-2-4-8-23/h2-11,13-14,17,22,25,27,31H,12,15-16,18-20H2,1H3/t22?,25-,27+/m0/s1. The van der Waals surface area contributed by atoms with Crippen LogP contribution in [-0.4, -0.2) is 34.5 Å². The Kier molecular flexibility index (Phi) is 7.33. The van der Waals surface area contributed by atoms with E-state index in [1.807, 2.05) is 67.7 Å². The van der Waals surface area contributed by atoms with E-state index in [0.717, 1.165) is 48.9 Å². The Bertz CT molecular complexity index is 989. The number of carbonyl (C=O) groups is 1. The Morgan fingerprint density at radius 1 is 1.03 bits per heavy atom. The van der Waals surface area contributed by atoms with Gasteiger partial charge >= 0.3 is 0 Å². The third-order valence-electron chi connectivity index (χ3n) is 6.67. The minimum absolute atomic E-state index is 0.0411. The van der Waals surface area contributed by atoms with Gasteiger partial charge in [-0.2, -0.15) is 0 Å². The molecule has 0 spiro atoms. The molecule has 0 bridgehead atoms. The van der Waals surface area contributed by atoms with Gasteiger partial charge < -0.3 is 10.0 Å². The molecule has 1 aliphatic carbocycles. The lowest BCUT2D eigenvalue weighted by molar-refractivity contribution is 0.0796. The summed E-state index contributed by atoms with van der Waals surface area (Å²) in [7, 11) is 1.84. The lowest BCUT2D eigenvalue weighted by Crippen LogP contribution is -2.29. The van der Waals surface area contributed by atoms with E-state index >= 15 is 0 Å². The van der Waals surface area contributed by atoms with Crippen LogP contribution in [0.1, 0.15) is 52.5 Å². The molecule has 1 aliphatic rings. The average molecular weight is 429 g/mol. The number of aliphatic hydroxyl groups is 1. The van der Waals surface area contributed by atoms with Crippen molar-refractivity contribution >= 4 is 5.91 Å². The summed E-state index contributed by atoms with van der Waals surface area (Å²) in [5.74, 6) is 0.955. The molecule has 1 N–H and O–H groups in total. The maximum Gasteiger partial charge on any atom is 0.253 e. The number of hydrogen-bond acceptors (Lipinski definition) is 3. The number of hydrogen-bond donors (Lipinski definition) is 1. The first kappa shape index (κ1) is 22.2. The van der Waals surface area contributed by atoms with Crippen molar-refractivity contribution in [1.29, 1.82) is 0 Å². The number of rotatable bonds is 8. The quantitative estimate of drug-likeness (QED) is 0.544. The number of pyridine rings is 1. The number of aromatic nitrogens is 1. The molecule has 1 heterocycles. The maximum absolute atomic E-state index is 12.8. The van der Waals surface area contributed by atoms with Crippen LogP contribution in [0.5, 0.6) is 0 Å². The summed E-state index contributed by atoms with van der Waals surface area (Å²) in [5.41, 5.74) is 4.00. The van der Waals surface area contributed by atoms with Crippen LogP contribution in [0.15, 0.2) is 79.0 Å². The van der Waals surface area contributed by atoms with E-state index in [1.54, 1.807) is 11.1 Å². The molecule has 4 nitrogen and oxygen atoms in total. The Labute approximate surface area is 190 Å². The van der Waals surface area contributed by atoms with Gasteiger partial charge in [-0.3, -0.25) is 9.78 Å².